The number of hydrogen-bond donors (Lipinski definition) is 0. The Morgan fingerprint density at radius 3 is 2.29 bits per heavy atom. The third kappa shape index (κ3) is 6.28. The summed E-state index contributed by atoms with van der Waals surface area (Å²) >= 11 is 0. The molecule has 4 rings (SSSR count). The van der Waals surface area contributed by atoms with Crippen molar-refractivity contribution in [2.75, 3.05) is 13.7 Å². The molecule has 1 amide bonds. The molecule has 0 N–H and O–H groups in total. The first-order chi connectivity index (χ1) is 18.2. The van der Waals surface area contributed by atoms with Gasteiger partial charge in [0.15, 0.2) is 0 Å². The summed E-state index contributed by atoms with van der Waals surface area (Å²) in [5, 5.41) is 0. The third-order valence-electron chi connectivity index (χ3n) is 6.35. The van der Waals surface area contributed by atoms with Gasteiger partial charge in [-0.15, -0.1) is 0 Å². The van der Waals surface area contributed by atoms with Gasteiger partial charge in [-0.25, -0.2) is 9.59 Å². The van der Waals surface area contributed by atoms with Crippen molar-refractivity contribution >= 4 is 12.1 Å². The van der Waals surface area contributed by atoms with Gasteiger partial charge in [-0.1, -0.05) is 48.5 Å². The van der Waals surface area contributed by atoms with Crippen LogP contribution in [0.25, 0.3) is 0 Å². The fraction of sp³-hybridized carbons (Fsp3) is 0.355. The Hall–Kier alpha value is -4.00. The number of hydrogen-bond acceptors (Lipinski definition) is 6. The molecule has 1 fully saturated rings. The van der Waals surface area contributed by atoms with E-state index < -0.39 is 11.6 Å². The molecular formula is C31H35NO6. The van der Waals surface area contributed by atoms with Gasteiger partial charge in [0.25, 0.3) is 0 Å². The normalized spacial score (nSPS) is 15.2. The monoisotopic (exact) mass is 517 g/mol. The maximum atomic E-state index is 13.5. The van der Waals surface area contributed by atoms with Crippen LogP contribution in [0.2, 0.25) is 0 Å². The SMILES string of the molecule is COc1c([C@H]2CCCN2C(=O)OC(C)(C)C)cc(OCc2ccccc2)c(C(=O)Oc2ccccc2)c1C. The summed E-state index contributed by atoms with van der Waals surface area (Å²) < 4.78 is 23.5. The Bertz CT molecular complexity index is 1270. The summed E-state index contributed by atoms with van der Waals surface area (Å²) in [6, 6.07) is 20.2. The molecule has 7 heteroatoms. The highest BCUT2D eigenvalue weighted by atomic mass is 16.6. The molecule has 3 aromatic carbocycles. The summed E-state index contributed by atoms with van der Waals surface area (Å²) in [5.41, 5.74) is 1.99. The molecule has 38 heavy (non-hydrogen) atoms. The number of esters is 1. The predicted octanol–water partition coefficient (Wildman–Crippen LogP) is 6.87. The number of likely N-dealkylation sites (tertiary alicyclic amines) is 1. The molecule has 0 unspecified atom stereocenters. The van der Waals surface area contributed by atoms with Crippen molar-refractivity contribution in [1.29, 1.82) is 0 Å². The van der Waals surface area contributed by atoms with Crippen LogP contribution >= 0.6 is 0 Å². The third-order valence-corrected chi connectivity index (χ3v) is 6.35. The van der Waals surface area contributed by atoms with E-state index in [9.17, 15) is 9.59 Å². The molecule has 7 nitrogen and oxygen atoms in total. The summed E-state index contributed by atoms with van der Waals surface area (Å²) in [5.74, 6) is 0.787. The molecule has 0 saturated carbocycles. The topological polar surface area (TPSA) is 74.3 Å². The van der Waals surface area contributed by atoms with Crippen LogP contribution < -0.4 is 14.2 Å². The highest BCUT2D eigenvalue weighted by molar-refractivity contribution is 5.96. The van der Waals surface area contributed by atoms with Crippen molar-refractivity contribution in [2.24, 2.45) is 0 Å². The quantitative estimate of drug-likeness (QED) is 0.251. The Labute approximate surface area is 224 Å². The Balaban J connectivity index is 1.75. The Kier molecular flexibility index (Phi) is 8.25. The van der Waals surface area contributed by atoms with Crippen LogP contribution in [0.4, 0.5) is 4.79 Å². The van der Waals surface area contributed by atoms with Crippen LogP contribution in [0.5, 0.6) is 17.2 Å². The fourth-order valence-electron chi connectivity index (χ4n) is 4.69. The van der Waals surface area contributed by atoms with E-state index in [1.54, 1.807) is 36.3 Å². The zero-order valence-electron chi connectivity index (χ0n) is 22.7. The molecular weight excluding hydrogens is 482 g/mol. The number of carbonyl (C=O) groups excluding carboxylic acids is 2. The number of ether oxygens (including phenoxy) is 4. The van der Waals surface area contributed by atoms with Crippen LogP contribution in [0, 0.1) is 6.92 Å². The van der Waals surface area contributed by atoms with E-state index in [2.05, 4.69) is 0 Å². The van der Waals surface area contributed by atoms with E-state index in [0.717, 1.165) is 24.0 Å². The van der Waals surface area contributed by atoms with Crippen LogP contribution in [-0.4, -0.2) is 36.2 Å². The number of carbonyl (C=O) groups is 2. The van der Waals surface area contributed by atoms with E-state index in [1.165, 1.54) is 0 Å². The first kappa shape index (κ1) is 27.0. The van der Waals surface area contributed by atoms with Crippen LogP contribution in [0.15, 0.2) is 66.7 Å². The van der Waals surface area contributed by atoms with Crippen molar-refractivity contribution in [3.63, 3.8) is 0 Å². The van der Waals surface area contributed by atoms with Crippen LogP contribution in [0.3, 0.4) is 0 Å². The summed E-state index contributed by atoms with van der Waals surface area (Å²) in [4.78, 5) is 28.2. The molecule has 1 aliphatic rings. The largest absolute Gasteiger partial charge is 0.496 e. The minimum absolute atomic E-state index is 0.262. The van der Waals surface area contributed by atoms with Crippen molar-refractivity contribution in [3.8, 4) is 17.2 Å². The molecule has 200 valence electrons. The molecule has 0 bridgehead atoms. The number of rotatable bonds is 7. The lowest BCUT2D eigenvalue weighted by atomic mass is 9.95. The van der Waals surface area contributed by atoms with Gasteiger partial charge in [0, 0.05) is 17.7 Å². The minimum Gasteiger partial charge on any atom is -0.496 e. The summed E-state index contributed by atoms with van der Waals surface area (Å²) in [6.45, 7) is 8.19. The molecule has 1 heterocycles. The Morgan fingerprint density at radius 1 is 1.00 bits per heavy atom. The lowest BCUT2D eigenvalue weighted by molar-refractivity contribution is 0.0222. The van der Waals surface area contributed by atoms with Crippen molar-refractivity contribution < 1.29 is 28.5 Å². The number of benzene rings is 3. The number of methoxy groups -OCH3 is 1. The van der Waals surface area contributed by atoms with Gasteiger partial charge in [0.1, 0.15) is 35.0 Å². The number of nitrogens with zero attached hydrogens (tertiary/aromatic N) is 1. The second kappa shape index (κ2) is 11.6. The number of para-hydroxylation sites is 1. The summed E-state index contributed by atoms with van der Waals surface area (Å²) in [7, 11) is 1.56. The van der Waals surface area contributed by atoms with E-state index in [0.29, 0.717) is 29.4 Å². The first-order valence-corrected chi connectivity index (χ1v) is 12.8. The average molecular weight is 518 g/mol. The second-order valence-corrected chi connectivity index (χ2v) is 10.3. The van der Waals surface area contributed by atoms with Gasteiger partial charge >= 0.3 is 12.1 Å². The molecule has 0 spiro atoms. The van der Waals surface area contributed by atoms with Gasteiger partial charge < -0.3 is 23.8 Å². The van der Waals surface area contributed by atoms with Crippen LogP contribution in [0.1, 0.15) is 66.7 Å². The first-order valence-electron chi connectivity index (χ1n) is 12.8. The Morgan fingerprint density at radius 2 is 1.66 bits per heavy atom. The zero-order valence-corrected chi connectivity index (χ0v) is 22.7. The van der Waals surface area contributed by atoms with Gasteiger partial charge in [-0.3, -0.25) is 0 Å². The van der Waals surface area contributed by atoms with Crippen molar-refractivity contribution in [1.82, 2.24) is 4.90 Å². The maximum absolute atomic E-state index is 13.5. The predicted molar refractivity (Wildman–Crippen MR) is 145 cm³/mol. The molecule has 1 atom stereocenters. The van der Waals surface area contributed by atoms with E-state index >= 15 is 0 Å². The number of amides is 1. The molecule has 0 radical (unpaired) electrons. The van der Waals surface area contributed by atoms with E-state index in [1.807, 2.05) is 70.2 Å². The standard InChI is InChI=1S/C31H35NO6/c1-21-27(29(33)37-23-15-10-7-11-16-23)26(36-20-22-13-8-6-9-14-22)19-24(28(21)35-5)25-17-12-18-32(25)30(34)38-31(2,3)4/h6-11,13-16,19,25H,12,17-18,20H2,1-5H3/t25-/m1/s1. The lowest BCUT2D eigenvalue weighted by Crippen LogP contribution is -2.36. The molecule has 3 aromatic rings. The van der Waals surface area contributed by atoms with Gasteiger partial charge in [-0.05, 0) is 64.3 Å². The molecule has 1 saturated heterocycles. The molecule has 0 aliphatic carbocycles. The van der Waals surface area contributed by atoms with Gasteiger partial charge in [0.2, 0.25) is 0 Å². The zero-order chi connectivity index (χ0) is 27.3. The molecule has 0 aromatic heterocycles. The maximum Gasteiger partial charge on any atom is 0.410 e. The average Bonchev–Trinajstić information content (AvgIpc) is 3.37. The van der Waals surface area contributed by atoms with Gasteiger partial charge in [0.05, 0.1) is 13.2 Å². The highest BCUT2D eigenvalue weighted by Crippen LogP contribution is 2.44. The fourth-order valence-corrected chi connectivity index (χ4v) is 4.69. The lowest BCUT2D eigenvalue weighted by Gasteiger charge is -2.30. The van der Waals surface area contributed by atoms with E-state index in [4.69, 9.17) is 18.9 Å². The van der Waals surface area contributed by atoms with Crippen molar-refractivity contribution in [3.05, 3.63) is 89.0 Å². The highest BCUT2D eigenvalue weighted by Gasteiger charge is 2.37. The van der Waals surface area contributed by atoms with Crippen LogP contribution in [-0.2, 0) is 11.3 Å². The smallest absolute Gasteiger partial charge is 0.410 e. The van der Waals surface area contributed by atoms with E-state index in [-0.39, 0.29) is 24.3 Å². The minimum atomic E-state index is -0.612. The van der Waals surface area contributed by atoms with Crippen molar-refractivity contribution in [2.45, 2.75) is 58.8 Å². The molecule has 1 aliphatic heterocycles. The van der Waals surface area contributed by atoms with Gasteiger partial charge in [-0.2, -0.15) is 0 Å². The summed E-state index contributed by atoms with van der Waals surface area (Å²) in [6.07, 6.45) is 1.18. The second-order valence-electron chi connectivity index (χ2n) is 10.3.